The van der Waals surface area contributed by atoms with Crippen molar-refractivity contribution in [3.63, 3.8) is 0 Å². The summed E-state index contributed by atoms with van der Waals surface area (Å²) >= 11 is 0. The van der Waals surface area contributed by atoms with Gasteiger partial charge in [-0.15, -0.1) is 0 Å². The van der Waals surface area contributed by atoms with E-state index in [0.717, 1.165) is 19.4 Å². The number of ether oxygens (including phenoxy) is 5. The van der Waals surface area contributed by atoms with E-state index >= 15 is 0 Å². The van der Waals surface area contributed by atoms with Crippen LogP contribution in [0.5, 0.6) is 0 Å². The number of amides is 1. The van der Waals surface area contributed by atoms with E-state index in [4.69, 9.17) is 23.7 Å². The Bertz CT molecular complexity index is 1290. The summed E-state index contributed by atoms with van der Waals surface area (Å²) in [5.74, 6) is -2.92. The number of imidazole rings is 1. The zero-order valence-electron chi connectivity index (χ0n) is 24.1. The van der Waals surface area contributed by atoms with E-state index in [2.05, 4.69) is 4.98 Å². The van der Waals surface area contributed by atoms with Gasteiger partial charge in [0.25, 0.3) is 0 Å². The molecule has 1 aromatic heterocycles. The maximum Gasteiger partial charge on any atom is 0.303 e. The fourth-order valence-corrected chi connectivity index (χ4v) is 4.34. The fourth-order valence-electron chi connectivity index (χ4n) is 4.34. The smallest absolute Gasteiger partial charge is 0.303 e. The molecule has 0 radical (unpaired) electrons. The molecule has 3 rings (SSSR count). The van der Waals surface area contributed by atoms with Crippen molar-refractivity contribution in [2.45, 2.75) is 64.8 Å². The van der Waals surface area contributed by atoms with Crippen molar-refractivity contribution in [3.8, 4) is 0 Å². The highest BCUT2D eigenvalue weighted by molar-refractivity contribution is 5.91. The van der Waals surface area contributed by atoms with E-state index in [1.54, 1.807) is 24.2 Å². The van der Waals surface area contributed by atoms with E-state index in [9.17, 15) is 24.0 Å². The van der Waals surface area contributed by atoms with Gasteiger partial charge in [-0.05, 0) is 11.6 Å². The van der Waals surface area contributed by atoms with Gasteiger partial charge in [0, 0.05) is 60.0 Å². The van der Waals surface area contributed by atoms with Crippen LogP contribution >= 0.6 is 0 Å². The predicted molar refractivity (Wildman–Crippen MR) is 146 cm³/mol. The van der Waals surface area contributed by atoms with Crippen molar-refractivity contribution >= 4 is 35.9 Å². The molecule has 0 spiro atoms. The summed E-state index contributed by atoms with van der Waals surface area (Å²) in [5.41, 5.74) is 1.50. The van der Waals surface area contributed by atoms with Gasteiger partial charge < -0.3 is 33.2 Å². The minimum atomic E-state index is -1.29. The van der Waals surface area contributed by atoms with Crippen molar-refractivity contribution < 1.29 is 47.7 Å². The van der Waals surface area contributed by atoms with E-state index in [0.29, 0.717) is 18.7 Å². The third kappa shape index (κ3) is 9.26. The van der Waals surface area contributed by atoms with Crippen molar-refractivity contribution in [3.05, 3.63) is 60.2 Å². The van der Waals surface area contributed by atoms with Crippen LogP contribution in [0.3, 0.4) is 0 Å². The van der Waals surface area contributed by atoms with Gasteiger partial charge in [-0.25, -0.2) is 4.98 Å². The molecule has 13 nitrogen and oxygen atoms in total. The number of carbonyl (C=O) groups is 5. The van der Waals surface area contributed by atoms with Gasteiger partial charge in [0.1, 0.15) is 12.7 Å². The molecule has 2 aromatic rings. The van der Waals surface area contributed by atoms with Crippen LogP contribution < -0.4 is 0 Å². The first-order chi connectivity index (χ1) is 19.9. The first-order valence-corrected chi connectivity index (χ1v) is 13.3. The first kappa shape index (κ1) is 32.0. The van der Waals surface area contributed by atoms with E-state index in [1.165, 1.54) is 30.8 Å². The summed E-state index contributed by atoms with van der Waals surface area (Å²) < 4.78 is 29.2. The van der Waals surface area contributed by atoms with Gasteiger partial charge in [-0.2, -0.15) is 0 Å². The van der Waals surface area contributed by atoms with Crippen LogP contribution in [0, 0.1) is 0 Å². The molecule has 13 heteroatoms. The molecule has 0 N–H and O–H groups in total. The Hall–Kier alpha value is -4.52. The van der Waals surface area contributed by atoms with Gasteiger partial charge in [-0.1, -0.05) is 30.3 Å². The average Bonchev–Trinajstić information content (AvgIpc) is 3.40. The van der Waals surface area contributed by atoms with E-state index in [1.807, 2.05) is 30.3 Å². The highest BCUT2D eigenvalue weighted by Crippen LogP contribution is 2.34. The molecule has 0 unspecified atom stereocenters. The fraction of sp³-hybridized carbons (Fsp3) is 0.448. The van der Waals surface area contributed by atoms with Gasteiger partial charge in [0.2, 0.25) is 5.91 Å². The van der Waals surface area contributed by atoms with Crippen molar-refractivity contribution in [1.82, 2.24) is 14.5 Å². The molecule has 0 saturated carbocycles. The summed E-state index contributed by atoms with van der Waals surface area (Å²) in [6.45, 7) is 4.71. The molecule has 42 heavy (non-hydrogen) atoms. The van der Waals surface area contributed by atoms with E-state index < -0.39 is 54.5 Å². The molecule has 0 bridgehead atoms. The lowest BCUT2D eigenvalue weighted by Crippen LogP contribution is -2.60. The van der Waals surface area contributed by atoms with Crippen LogP contribution in [0.4, 0.5) is 0 Å². The summed E-state index contributed by atoms with van der Waals surface area (Å²) in [7, 11) is 1.67. The lowest BCUT2D eigenvalue weighted by molar-refractivity contribution is -0.268. The maximum absolute atomic E-state index is 12.5. The summed E-state index contributed by atoms with van der Waals surface area (Å²) in [4.78, 5) is 66.1. The van der Waals surface area contributed by atoms with Crippen molar-refractivity contribution in [1.29, 1.82) is 0 Å². The Morgan fingerprint density at radius 3 is 2.14 bits per heavy atom. The number of esters is 4. The van der Waals surface area contributed by atoms with Crippen LogP contribution in [0.25, 0.3) is 6.08 Å². The zero-order valence-corrected chi connectivity index (χ0v) is 24.1. The molecule has 5 atom stereocenters. The average molecular weight is 586 g/mol. The second-order valence-electron chi connectivity index (χ2n) is 9.66. The molecule has 1 fully saturated rings. The number of rotatable bonds is 11. The van der Waals surface area contributed by atoms with Crippen LogP contribution in [0.2, 0.25) is 0 Å². The number of aromatic nitrogens is 2. The Kier molecular flexibility index (Phi) is 11.4. The predicted octanol–water partition coefficient (Wildman–Crippen LogP) is 1.85. The minimum absolute atomic E-state index is 0.183. The van der Waals surface area contributed by atoms with Gasteiger partial charge in [-0.3, -0.25) is 24.0 Å². The monoisotopic (exact) mass is 585 g/mol. The van der Waals surface area contributed by atoms with E-state index in [-0.39, 0.29) is 12.5 Å². The standard InChI is InChI=1S/C29H35N3O10/c1-18(33)38-16-24-26(39-19(2)34)27(40-20(3)35)28(41-21(4)36)29(42-24)32-15-23(30-17-32)13-14-31(5)25(37)12-11-22-9-7-6-8-10-22/h6-12,15,17,24,26-29H,13-14,16H2,1-5H3/b12-11+/t24-,26-,27+,28-,29-/m1/s1. The lowest BCUT2D eigenvalue weighted by atomic mass is 9.97. The Morgan fingerprint density at radius 1 is 0.905 bits per heavy atom. The molecule has 1 aromatic carbocycles. The Balaban J connectivity index is 1.81. The maximum atomic E-state index is 12.5. The van der Waals surface area contributed by atoms with Crippen molar-refractivity contribution in [2.24, 2.45) is 0 Å². The van der Waals surface area contributed by atoms with Gasteiger partial charge in [0.15, 0.2) is 24.5 Å². The highest BCUT2D eigenvalue weighted by Gasteiger charge is 2.52. The van der Waals surface area contributed by atoms with Crippen LogP contribution in [0.15, 0.2) is 48.9 Å². The Morgan fingerprint density at radius 2 is 1.52 bits per heavy atom. The molecule has 226 valence electrons. The molecular weight excluding hydrogens is 550 g/mol. The van der Waals surface area contributed by atoms with Crippen LogP contribution in [-0.4, -0.2) is 88.9 Å². The number of hydrogen-bond donors (Lipinski definition) is 0. The molecule has 1 saturated heterocycles. The first-order valence-electron chi connectivity index (χ1n) is 13.3. The molecule has 1 aliphatic rings. The van der Waals surface area contributed by atoms with Crippen molar-refractivity contribution in [2.75, 3.05) is 20.2 Å². The topological polar surface area (TPSA) is 153 Å². The summed E-state index contributed by atoms with van der Waals surface area (Å²) in [5, 5.41) is 0. The molecule has 1 amide bonds. The minimum Gasteiger partial charge on any atom is -0.463 e. The number of hydrogen-bond acceptors (Lipinski definition) is 11. The molecular formula is C29H35N3O10. The summed E-state index contributed by atoms with van der Waals surface area (Å²) in [6.07, 6.45) is 0.720. The normalized spacial score (nSPS) is 21.8. The second-order valence-corrected chi connectivity index (χ2v) is 9.66. The number of likely N-dealkylation sites (N-methyl/N-ethyl adjacent to an activating group) is 1. The quantitative estimate of drug-likeness (QED) is 0.216. The Labute approximate surface area is 243 Å². The molecule has 0 aliphatic carbocycles. The van der Waals surface area contributed by atoms with Crippen LogP contribution in [-0.2, 0) is 54.1 Å². The third-order valence-corrected chi connectivity index (χ3v) is 6.21. The SMILES string of the molecule is CC(=O)OC[C@H]1O[C@@H](n2cnc(CCN(C)C(=O)/C=C/c3ccccc3)c2)[C@H](OC(C)=O)[C@@H](OC(C)=O)[C@@H]1OC(C)=O. The lowest BCUT2D eigenvalue weighted by Gasteiger charge is -2.44. The van der Waals surface area contributed by atoms with Gasteiger partial charge in [0.05, 0.1) is 12.0 Å². The largest absolute Gasteiger partial charge is 0.463 e. The van der Waals surface area contributed by atoms with Gasteiger partial charge >= 0.3 is 23.9 Å². The second kappa shape index (κ2) is 14.9. The number of benzene rings is 1. The third-order valence-electron chi connectivity index (χ3n) is 6.21. The molecule has 1 aliphatic heterocycles. The number of nitrogens with zero attached hydrogens (tertiary/aromatic N) is 3. The highest BCUT2D eigenvalue weighted by atomic mass is 16.7. The van der Waals surface area contributed by atoms with Crippen LogP contribution in [0.1, 0.15) is 45.2 Å². The summed E-state index contributed by atoms with van der Waals surface area (Å²) in [6, 6.07) is 9.45. The zero-order chi connectivity index (χ0) is 30.8. The number of carbonyl (C=O) groups excluding carboxylic acids is 5. The molecule has 2 heterocycles.